The van der Waals surface area contributed by atoms with Crippen molar-refractivity contribution in [1.29, 1.82) is 0 Å². The molecule has 1 unspecified atom stereocenters. The Morgan fingerprint density at radius 3 is 2.65 bits per heavy atom. The highest BCUT2D eigenvalue weighted by Gasteiger charge is 2.27. The van der Waals surface area contributed by atoms with Gasteiger partial charge < -0.3 is 10.6 Å². The molecule has 1 heterocycles. The number of rotatable bonds is 5. The van der Waals surface area contributed by atoms with Gasteiger partial charge in [0.1, 0.15) is 0 Å². The van der Waals surface area contributed by atoms with Gasteiger partial charge in [-0.25, -0.2) is 0 Å². The summed E-state index contributed by atoms with van der Waals surface area (Å²) in [5.74, 6) is 0. The predicted molar refractivity (Wildman–Crippen MR) is 87.6 cm³/mol. The van der Waals surface area contributed by atoms with Gasteiger partial charge in [-0.15, -0.1) is 0 Å². The Kier molecular flexibility index (Phi) is 5.30. The van der Waals surface area contributed by atoms with Gasteiger partial charge in [0.2, 0.25) is 0 Å². The summed E-state index contributed by atoms with van der Waals surface area (Å²) in [5.41, 5.74) is 8.14. The largest absolute Gasteiger partial charge is 0.369 e. The molecule has 4 heteroatoms. The monoisotopic (exact) mass is 295 g/mol. The maximum Gasteiger partial charge on any atom is 0.0642 e. The lowest BCUT2D eigenvalue weighted by Gasteiger charge is -2.27. The molecule has 1 aromatic rings. The average Bonchev–Trinajstić information content (AvgIpc) is 2.89. The van der Waals surface area contributed by atoms with Crippen LogP contribution in [0.5, 0.6) is 0 Å². The smallest absolute Gasteiger partial charge is 0.0642 e. The number of halogens is 1. The van der Waals surface area contributed by atoms with Crippen LogP contribution in [0, 0.1) is 0 Å². The lowest BCUT2D eigenvalue weighted by atomic mass is 10.1. The van der Waals surface area contributed by atoms with Crippen LogP contribution in [0.2, 0.25) is 5.02 Å². The summed E-state index contributed by atoms with van der Waals surface area (Å²) in [4.78, 5) is 4.93. The summed E-state index contributed by atoms with van der Waals surface area (Å²) in [6, 6.07) is 6.90. The Morgan fingerprint density at radius 1 is 1.40 bits per heavy atom. The van der Waals surface area contributed by atoms with E-state index in [4.69, 9.17) is 17.3 Å². The Balaban J connectivity index is 2.10. The standard InChI is InChI=1S/C16H26ClN3/c1-4-19(5-2)14-8-9-20(11-14)16-7-6-13(12(3)18)10-15(16)17/h6-7,10,12,14H,4-5,8-9,11,18H2,1-3H3/t12-,14?/m1/s1. The van der Waals surface area contributed by atoms with Crippen LogP contribution in [0.15, 0.2) is 18.2 Å². The van der Waals surface area contributed by atoms with E-state index in [2.05, 4.69) is 35.8 Å². The molecule has 0 saturated carbocycles. The summed E-state index contributed by atoms with van der Waals surface area (Å²) >= 11 is 6.44. The molecule has 3 nitrogen and oxygen atoms in total. The van der Waals surface area contributed by atoms with Crippen LogP contribution >= 0.6 is 11.6 Å². The van der Waals surface area contributed by atoms with Gasteiger partial charge in [0.25, 0.3) is 0 Å². The van der Waals surface area contributed by atoms with Crippen LogP contribution in [0.4, 0.5) is 5.69 Å². The van der Waals surface area contributed by atoms with Crippen LogP contribution in [0.3, 0.4) is 0 Å². The zero-order chi connectivity index (χ0) is 14.7. The molecular weight excluding hydrogens is 270 g/mol. The fourth-order valence-electron chi connectivity index (χ4n) is 3.06. The lowest BCUT2D eigenvalue weighted by molar-refractivity contribution is 0.232. The van der Waals surface area contributed by atoms with Crippen molar-refractivity contribution in [3.63, 3.8) is 0 Å². The Labute approximate surface area is 127 Å². The summed E-state index contributed by atoms with van der Waals surface area (Å²) in [5, 5.41) is 0.819. The lowest BCUT2D eigenvalue weighted by Crippen LogP contribution is -2.37. The zero-order valence-corrected chi connectivity index (χ0v) is 13.5. The molecule has 1 aromatic carbocycles. The van der Waals surface area contributed by atoms with E-state index in [1.165, 1.54) is 6.42 Å². The molecule has 1 saturated heterocycles. The minimum atomic E-state index is 0.0311. The molecule has 0 aromatic heterocycles. The second-order valence-electron chi connectivity index (χ2n) is 5.61. The maximum absolute atomic E-state index is 6.44. The minimum absolute atomic E-state index is 0.0311. The van der Waals surface area contributed by atoms with E-state index in [-0.39, 0.29) is 6.04 Å². The fraction of sp³-hybridized carbons (Fsp3) is 0.625. The van der Waals surface area contributed by atoms with E-state index >= 15 is 0 Å². The molecular formula is C16H26ClN3. The number of anilines is 1. The normalized spacial score (nSPS) is 20.7. The van der Waals surface area contributed by atoms with E-state index in [1.807, 2.05) is 13.0 Å². The van der Waals surface area contributed by atoms with Gasteiger partial charge >= 0.3 is 0 Å². The second-order valence-corrected chi connectivity index (χ2v) is 6.02. The molecule has 0 aliphatic carbocycles. The topological polar surface area (TPSA) is 32.5 Å². The highest BCUT2D eigenvalue weighted by atomic mass is 35.5. The SMILES string of the molecule is CCN(CC)C1CCN(c2ccc([C@@H](C)N)cc2Cl)C1. The Morgan fingerprint density at radius 2 is 2.10 bits per heavy atom. The van der Waals surface area contributed by atoms with Crippen molar-refractivity contribution in [1.82, 2.24) is 4.90 Å². The summed E-state index contributed by atoms with van der Waals surface area (Å²) < 4.78 is 0. The highest BCUT2D eigenvalue weighted by Crippen LogP contribution is 2.31. The first-order valence-electron chi connectivity index (χ1n) is 7.60. The zero-order valence-electron chi connectivity index (χ0n) is 12.8. The molecule has 2 rings (SSSR count). The predicted octanol–water partition coefficient (Wildman–Crippen LogP) is 3.28. The van der Waals surface area contributed by atoms with E-state index in [9.17, 15) is 0 Å². The number of nitrogens with two attached hydrogens (primary N) is 1. The first-order chi connectivity index (χ1) is 9.56. The first kappa shape index (κ1) is 15.6. The molecule has 0 radical (unpaired) electrons. The fourth-order valence-corrected chi connectivity index (χ4v) is 3.37. The molecule has 20 heavy (non-hydrogen) atoms. The molecule has 1 aliphatic heterocycles. The highest BCUT2D eigenvalue weighted by molar-refractivity contribution is 6.33. The number of hydrogen-bond acceptors (Lipinski definition) is 3. The van der Waals surface area contributed by atoms with Crippen molar-refractivity contribution in [3.05, 3.63) is 28.8 Å². The first-order valence-corrected chi connectivity index (χ1v) is 7.98. The average molecular weight is 296 g/mol. The van der Waals surface area contributed by atoms with Crippen LogP contribution in [0.1, 0.15) is 38.8 Å². The second kappa shape index (κ2) is 6.79. The minimum Gasteiger partial charge on any atom is -0.369 e. The van der Waals surface area contributed by atoms with Crippen LogP contribution in [-0.2, 0) is 0 Å². The number of benzene rings is 1. The van der Waals surface area contributed by atoms with E-state index in [1.54, 1.807) is 0 Å². The van der Waals surface area contributed by atoms with Crippen molar-refractivity contribution in [2.45, 2.75) is 39.3 Å². The van der Waals surface area contributed by atoms with Crippen molar-refractivity contribution in [3.8, 4) is 0 Å². The van der Waals surface area contributed by atoms with Gasteiger partial charge in [0.05, 0.1) is 10.7 Å². The molecule has 1 fully saturated rings. The van der Waals surface area contributed by atoms with Crippen LogP contribution < -0.4 is 10.6 Å². The molecule has 0 spiro atoms. The third kappa shape index (κ3) is 3.27. The number of nitrogens with zero attached hydrogens (tertiary/aromatic N) is 2. The molecule has 0 bridgehead atoms. The Hall–Kier alpha value is -0.770. The molecule has 1 aliphatic rings. The van der Waals surface area contributed by atoms with Gasteiger partial charge in [-0.3, -0.25) is 4.90 Å². The molecule has 2 N–H and O–H groups in total. The van der Waals surface area contributed by atoms with E-state index in [0.29, 0.717) is 6.04 Å². The Bertz CT molecular complexity index is 443. The van der Waals surface area contributed by atoms with Crippen LogP contribution in [-0.4, -0.2) is 37.1 Å². The summed E-state index contributed by atoms with van der Waals surface area (Å²) in [6.45, 7) is 10.8. The quantitative estimate of drug-likeness (QED) is 0.905. The molecule has 112 valence electrons. The van der Waals surface area contributed by atoms with E-state index in [0.717, 1.165) is 42.5 Å². The van der Waals surface area contributed by atoms with Gasteiger partial charge in [-0.1, -0.05) is 31.5 Å². The summed E-state index contributed by atoms with van der Waals surface area (Å²) in [7, 11) is 0. The number of likely N-dealkylation sites (N-methyl/N-ethyl adjacent to an activating group) is 1. The van der Waals surface area contributed by atoms with Crippen molar-refractivity contribution in [2.24, 2.45) is 5.73 Å². The van der Waals surface area contributed by atoms with Crippen molar-refractivity contribution in [2.75, 3.05) is 31.1 Å². The third-order valence-corrected chi connectivity index (χ3v) is 4.63. The molecule has 2 atom stereocenters. The van der Waals surface area contributed by atoms with Crippen LogP contribution in [0.25, 0.3) is 0 Å². The third-order valence-electron chi connectivity index (χ3n) is 4.33. The molecule has 0 amide bonds. The van der Waals surface area contributed by atoms with Gasteiger partial charge in [-0.05, 0) is 44.1 Å². The van der Waals surface area contributed by atoms with Gasteiger partial charge in [0, 0.05) is 25.2 Å². The van der Waals surface area contributed by atoms with Gasteiger partial charge in [0.15, 0.2) is 0 Å². The summed E-state index contributed by atoms with van der Waals surface area (Å²) in [6.07, 6.45) is 1.22. The maximum atomic E-state index is 6.44. The van der Waals surface area contributed by atoms with E-state index < -0.39 is 0 Å². The van der Waals surface area contributed by atoms with Gasteiger partial charge in [-0.2, -0.15) is 0 Å². The number of hydrogen-bond donors (Lipinski definition) is 1. The van der Waals surface area contributed by atoms with Crippen molar-refractivity contribution < 1.29 is 0 Å². The van der Waals surface area contributed by atoms with Crippen molar-refractivity contribution >= 4 is 17.3 Å².